The van der Waals surface area contributed by atoms with Crippen LogP contribution in [0.15, 0.2) is 48.7 Å². The maximum Gasteiger partial charge on any atom is 0.166 e. The van der Waals surface area contributed by atoms with Gasteiger partial charge in [-0.15, -0.1) is 0 Å². The van der Waals surface area contributed by atoms with Crippen molar-refractivity contribution in [2.75, 3.05) is 0 Å². The Morgan fingerprint density at radius 3 is 2.39 bits per heavy atom. The van der Waals surface area contributed by atoms with E-state index in [9.17, 15) is 8.76 Å². The Morgan fingerprint density at radius 1 is 1.17 bits per heavy atom. The van der Waals surface area contributed by atoms with Crippen molar-refractivity contribution in [3.63, 3.8) is 0 Å². The number of rotatable bonds is 4. The second-order valence-corrected chi connectivity index (χ2v) is 4.83. The molecule has 2 aromatic rings. The Bertz CT molecular complexity index is 528. The third-order valence-corrected chi connectivity index (χ3v) is 3.54. The number of aliphatic hydroxyl groups is 1. The van der Waals surface area contributed by atoms with Crippen molar-refractivity contribution in [1.82, 2.24) is 4.98 Å². The van der Waals surface area contributed by atoms with Crippen molar-refractivity contribution in [2.24, 2.45) is 0 Å². The first-order chi connectivity index (χ1) is 8.72. The van der Waals surface area contributed by atoms with Crippen molar-refractivity contribution < 1.29 is 13.9 Å². The molecule has 18 heavy (non-hydrogen) atoms. The van der Waals surface area contributed by atoms with Gasteiger partial charge < -0.3 is 9.66 Å². The van der Waals surface area contributed by atoms with Gasteiger partial charge in [-0.1, -0.05) is 30.3 Å². The number of nitrogens with zero attached hydrogens (tertiary/aromatic N) is 1. The van der Waals surface area contributed by atoms with Gasteiger partial charge in [0.2, 0.25) is 0 Å². The number of benzene rings is 1. The average Bonchev–Trinajstić information content (AvgIpc) is 2.40. The van der Waals surface area contributed by atoms with Crippen LogP contribution in [0.5, 0.6) is 0 Å². The van der Waals surface area contributed by atoms with Gasteiger partial charge in [0.05, 0.1) is 12.3 Å². The zero-order valence-corrected chi connectivity index (χ0v) is 10.4. The first-order valence-electron chi connectivity index (χ1n) is 5.42. The number of aromatic nitrogens is 1. The molecule has 0 amide bonds. The minimum atomic E-state index is -2.04. The van der Waals surface area contributed by atoms with Gasteiger partial charge in [0.1, 0.15) is 5.25 Å². The monoisotopic (exact) mass is 263 g/mol. The van der Waals surface area contributed by atoms with Crippen LogP contribution >= 0.6 is 0 Å². The standard InChI is InChI=1S/C13H13NO3S/c15-9-10-4-6-11(7-5-10)13(18(16)17)12-3-1-2-8-14-12/h1-8,13,15H,9H2,(H,16,17). The van der Waals surface area contributed by atoms with Crippen LogP contribution in [-0.2, 0) is 17.7 Å². The van der Waals surface area contributed by atoms with Crippen LogP contribution in [0.1, 0.15) is 22.1 Å². The Balaban J connectivity index is 2.39. The summed E-state index contributed by atoms with van der Waals surface area (Å²) < 4.78 is 20.9. The van der Waals surface area contributed by atoms with Gasteiger partial charge in [0.15, 0.2) is 11.1 Å². The lowest BCUT2D eigenvalue weighted by molar-refractivity contribution is 0.282. The molecule has 1 heterocycles. The van der Waals surface area contributed by atoms with E-state index in [2.05, 4.69) is 4.98 Å². The fourth-order valence-electron chi connectivity index (χ4n) is 1.72. The molecule has 2 unspecified atom stereocenters. The predicted molar refractivity (Wildman–Crippen MR) is 69.2 cm³/mol. The number of aliphatic hydroxyl groups excluding tert-OH is 1. The summed E-state index contributed by atoms with van der Waals surface area (Å²) in [4.78, 5) is 4.12. The summed E-state index contributed by atoms with van der Waals surface area (Å²) in [5.74, 6) is 0. The van der Waals surface area contributed by atoms with Crippen LogP contribution in [-0.4, -0.2) is 18.9 Å². The highest BCUT2D eigenvalue weighted by Crippen LogP contribution is 2.25. The molecular weight excluding hydrogens is 250 g/mol. The minimum Gasteiger partial charge on any atom is -0.392 e. The van der Waals surface area contributed by atoms with Crippen LogP contribution in [0.25, 0.3) is 0 Å². The number of pyridine rings is 1. The van der Waals surface area contributed by atoms with Gasteiger partial charge >= 0.3 is 0 Å². The van der Waals surface area contributed by atoms with E-state index >= 15 is 0 Å². The molecule has 4 nitrogen and oxygen atoms in total. The van der Waals surface area contributed by atoms with E-state index in [4.69, 9.17) is 5.11 Å². The fourth-order valence-corrected chi connectivity index (χ4v) is 2.46. The van der Waals surface area contributed by atoms with Crippen molar-refractivity contribution >= 4 is 11.1 Å². The Labute approximate surface area is 108 Å². The smallest absolute Gasteiger partial charge is 0.166 e. The normalized spacial score (nSPS) is 14.1. The second kappa shape index (κ2) is 5.86. The van der Waals surface area contributed by atoms with E-state index in [1.807, 2.05) is 0 Å². The Kier molecular flexibility index (Phi) is 4.19. The molecule has 2 rings (SSSR count). The van der Waals surface area contributed by atoms with Gasteiger partial charge in [-0.3, -0.25) is 4.98 Å². The van der Waals surface area contributed by atoms with Gasteiger partial charge in [-0.05, 0) is 23.3 Å². The van der Waals surface area contributed by atoms with Crippen molar-refractivity contribution in [3.8, 4) is 0 Å². The maximum atomic E-state index is 11.5. The summed E-state index contributed by atoms with van der Waals surface area (Å²) in [6.45, 7) is -0.0449. The quantitative estimate of drug-likeness (QED) is 0.826. The zero-order valence-electron chi connectivity index (χ0n) is 9.56. The molecule has 94 valence electrons. The summed E-state index contributed by atoms with van der Waals surface area (Å²) in [7, 11) is 0. The molecule has 0 spiro atoms. The van der Waals surface area contributed by atoms with E-state index in [1.54, 1.807) is 48.7 Å². The molecule has 0 radical (unpaired) electrons. The molecule has 0 bridgehead atoms. The van der Waals surface area contributed by atoms with Crippen molar-refractivity contribution in [3.05, 3.63) is 65.5 Å². The zero-order chi connectivity index (χ0) is 13.0. The molecule has 2 N–H and O–H groups in total. The first-order valence-corrected chi connectivity index (χ1v) is 6.59. The van der Waals surface area contributed by atoms with Crippen molar-refractivity contribution in [2.45, 2.75) is 11.9 Å². The van der Waals surface area contributed by atoms with E-state index in [1.165, 1.54) is 0 Å². The van der Waals surface area contributed by atoms with E-state index in [0.717, 1.165) is 5.56 Å². The average molecular weight is 263 g/mol. The predicted octanol–water partition coefficient (Wildman–Crippen LogP) is 1.89. The van der Waals surface area contributed by atoms with Crippen molar-refractivity contribution in [1.29, 1.82) is 0 Å². The van der Waals surface area contributed by atoms with Gasteiger partial charge in [-0.25, -0.2) is 4.21 Å². The lowest BCUT2D eigenvalue weighted by Crippen LogP contribution is -2.09. The van der Waals surface area contributed by atoms with Crippen LogP contribution in [0, 0.1) is 0 Å². The summed E-state index contributed by atoms with van der Waals surface area (Å²) in [5.41, 5.74) is 2.02. The fraction of sp³-hybridized carbons (Fsp3) is 0.154. The summed E-state index contributed by atoms with van der Waals surface area (Å²) >= 11 is -2.04. The molecule has 1 aromatic carbocycles. The molecule has 5 heteroatoms. The third-order valence-electron chi connectivity index (χ3n) is 2.62. The van der Waals surface area contributed by atoms with E-state index in [0.29, 0.717) is 11.3 Å². The summed E-state index contributed by atoms with van der Waals surface area (Å²) in [6.07, 6.45) is 1.59. The molecule has 0 aliphatic heterocycles. The molecule has 0 saturated heterocycles. The molecule has 0 fully saturated rings. The van der Waals surface area contributed by atoms with E-state index in [-0.39, 0.29) is 6.61 Å². The molecule has 0 saturated carbocycles. The SMILES string of the molecule is O=S(O)C(c1ccc(CO)cc1)c1ccccn1. The Hall–Kier alpha value is -1.56. The highest BCUT2D eigenvalue weighted by Gasteiger charge is 2.21. The second-order valence-electron chi connectivity index (χ2n) is 3.81. The van der Waals surface area contributed by atoms with Gasteiger partial charge in [0.25, 0.3) is 0 Å². The highest BCUT2D eigenvalue weighted by atomic mass is 32.2. The largest absolute Gasteiger partial charge is 0.392 e. The van der Waals surface area contributed by atoms with Crippen LogP contribution in [0.4, 0.5) is 0 Å². The van der Waals surface area contributed by atoms with Gasteiger partial charge in [0, 0.05) is 6.20 Å². The first kappa shape index (κ1) is 12.9. The summed E-state index contributed by atoms with van der Waals surface area (Å²) in [5, 5.41) is 8.30. The van der Waals surface area contributed by atoms with Crippen LogP contribution in [0.3, 0.4) is 0 Å². The van der Waals surface area contributed by atoms with Crippen LogP contribution in [0.2, 0.25) is 0 Å². The minimum absolute atomic E-state index is 0.0449. The highest BCUT2D eigenvalue weighted by molar-refractivity contribution is 7.79. The lowest BCUT2D eigenvalue weighted by atomic mass is 10.1. The van der Waals surface area contributed by atoms with Crippen LogP contribution < -0.4 is 0 Å². The lowest BCUT2D eigenvalue weighted by Gasteiger charge is -2.13. The summed E-state index contributed by atoms with van der Waals surface area (Å²) in [6, 6.07) is 12.2. The maximum absolute atomic E-state index is 11.5. The molecular formula is C13H13NO3S. The molecule has 0 aliphatic rings. The van der Waals surface area contributed by atoms with Gasteiger partial charge in [-0.2, -0.15) is 0 Å². The topological polar surface area (TPSA) is 70.4 Å². The molecule has 0 aliphatic carbocycles. The Morgan fingerprint density at radius 2 is 1.89 bits per heavy atom. The number of hydrogen-bond acceptors (Lipinski definition) is 3. The number of hydrogen-bond donors (Lipinski definition) is 2. The molecule has 1 aromatic heterocycles. The van der Waals surface area contributed by atoms with E-state index < -0.39 is 16.3 Å². The molecule has 2 atom stereocenters. The third kappa shape index (κ3) is 2.81.